The Bertz CT molecular complexity index is 777. The lowest BCUT2D eigenvalue weighted by Gasteiger charge is -2.28. The number of halogens is 1. The van der Waals surface area contributed by atoms with E-state index >= 15 is 0 Å². The van der Waals surface area contributed by atoms with Crippen molar-refractivity contribution in [2.24, 2.45) is 23.7 Å². The van der Waals surface area contributed by atoms with Crippen LogP contribution in [0.2, 0.25) is 0 Å². The third kappa shape index (κ3) is 2.52. The summed E-state index contributed by atoms with van der Waals surface area (Å²) in [4.78, 5) is 35.5. The molecule has 25 heavy (non-hydrogen) atoms. The SMILES string of the molecule is O=C(Oc1ccc(O)c(I)c1)OC1C2CC3C1OC(=O)C3C2C(=O)O. The van der Waals surface area contributed by atoms with Gasteiger partial charge in [-0.05, 0) is 47.2 Å². The van der Waals surface area contributed by atoms with Crippen LogP contribution in [0.15, 0.2) is 18.2 Å². The lowest BCUT2D eigenvalue weighted by atomic mass is 9.78. The number of benzene rings is 1. The summed E-state index contributed by atoms with van der Waals surface area (Å²) >= 11 is 1.88. The maximum atomic E-state index is 12.1. The molecule has 1 aromatic carbocycles. The number of aliphatic carboxylic acids is 1. The van der Waals surface area contributed by atoms with Gasteiger partial charge in [-0.25, -0.2) is 4.79 Å². The molecular weight excluding hydrogens is 447 g/mol. The average Bonchev–Trinajstić information content (AvgIpc) is 3.14. The zero-order valence-electron chi connectivity index (χ0n) is 12.6. The van der Waals surface area contributed by atoms with Crippen LogP contribution in [0.5, 0.6) is 11.5 Å². The van der Waals surface area contributed by atoms with Crippen molar-refractivity contribution < 1.29 is 38.8 Å². The van der Waals surface area contributed by atoms with Gasteiger partial charge in [0.25, 0.3) is 0 Å². The summed E-state index contributed by atoms with van der Waals surface area (Å²) in [5.74, 6) is -3.61. The highest BCUT2D eigenvalue weighted by Gasteiger charge is 2.70. The van der Waals surface area contributed by atoms with E-state index in [0.717, 1.165) is 0 Å². The Morgan fingerprint density at radius 3 is 2.72 bits per heavy atom. The van der Waals surface area contributed by atoms with Crippen molar-refractivity contribution in [3.63, 3.8) is 0 Å². The van der Waals surface area contributed by atoms with E-state index in [1.165, 1.54) is 18.2 Å². The largest absolute Gasteiger partial charge is 0.514 e. The molecule has 0 amide bonds. The van der Waals surface area contributed by atoms with Crippen molar-refractivity contribution >= 4 is 40.7 Å². The van der Waals surface area contributed by atoms with E-state index in [4.69, 9.17) is 14.2 Å². The number of carbonyl (C=O) groups is 3. The summed E-state index contributed by atoms with van der Waals surface area (Å²) in [5.41, 5.74) is 0. The summed E-state index contributed by atoms with van der Waals surface area (Å²) < 4.78 is 16.1. The molecule has 0 radical (unpaired) electrons. The number of phenolic OH excluding ortho intramolecular Hbond substituents is 1. The quantitative estimate of drug-likeness (QED) is 0.398. The van der Waals surface area contributed by atoms with Crippen LogP contribution < -0.4 is 4.74 Å². The van der Waals surface area contributed by atoms with Gasteiger partial charge in [0.2, 0.25) is 0 Å². The molecule has 3 aliphatic rings. The van der Waals surface area contributed by atoms with Gasteiger partial charge in [-0.2, -0.15) is 0 Å². The van der Waals surface area contributed by atoms with E-state index in [1.54, 1.807) is 0 Å². The Hall–Kier alpha value is -2.04. The van der Waals surface area contributed by atoms with Crippen LogP contribution in [0, 0.1) is 27.2 Å². The van der Waals surface area contributed by atoms with E-state index in [-0.39, 0.29) is 17.4 Å². The predicted molar refractivity (Wildman–Crippen MR) is 87.8 cm³/mol. The molecule has 0 aromatic heterocycles. The first-order valence-electron chi connectivity index (χ1n) is 7.67. The Kier molecular flexibility index (Phi) is 3.78. The maximum Gasteiger partial charge on any atom is 0.514 e. The summed E-state index contributed by atoms with van der Waals surface area (Å²) in [5, 5.41) is 18.9. The molecule has 1 aliphatic heterocycles. The number of carbonyl (C=O) groups excluding carboxylic acids is 2. The van der Waals surface area contributed by atoms with Gasteiger partial charge in [0, 0.05) is 11.8 Å². The molecule has 132 valence electrons. The smallest absolute Gasteiger partial charge is 0.507 e. The zero-order valence-corrected chi connectivity index (χ0v) is 14.8. The molecular formula is C16H13IO8. The highest BCUT2D eigenvalue weighted by Crippen LogP contribution is 2.58. The van der Waals surface area contributed by atoms with E-state index in [1.807, 2.05) is 22.6 Å². The molecule has 3 fully saturated rings. The van der Waals surface area contributed by atoms with Crippen LogP contribution in [-0.4, -0.2) is 40.5 Å². The molecule has 6 atom stereocenters. The first-order chi connectivity index (χ1) is 11.9. The molecule has 1 saturated heterocycles. The third-order valence-electron chi connectivity index (χ3n) is 5.18. The number of fused-ring (bicyclic) bond motifs is 1. The van der Waals surface area contributed by atoms with Gasteiger partial charge < -0.3 is 24.4 Å². The number of phenols is 1. The molecule has 2 bridgehead atoms. The van der Waals surface area contributed by atoms with E-state index in [0.29, 0.717) is 9.99 Å². The summed E-state index contributed by atoms with van der Waals surface area (Å²) in [6, 6.07) is 4.25. The molecule has 1 heterocycles. The number of ether oxygens (including phenoxy) is 3. The van der Waals surface area contributed by atoms with Crippen molar-refractivity contribution in [1.82, 2.24) is 0 Å². The second-order valence-electron chi connectivity index (χ2n) is 6.40. The Morgan fingerprint density at radius 1 is 1.28 bits per heavy atom. The van der Waals surface area contributed by atoms with E-state index in [9.17, 15) is 24.6 Å². The monoisotopic (exact) mass is 460 g/mol. The Morgan fingerprint density at radius 2 is 2.04 bits per heavy atom. The maximum absolute atomic E-state index is 12.1. The van der Waals surface area contributed by atoms with Gasteiger partial charge in [-0.3, -0.25) is 9.59 Å². The fourth-order valence-corrected chi connectivity index (χ4v) is 4.75. The fraction of sp³-hybridized carbons (Fsp3) is 0.438. The number of carboxylic acid groups (broad SMARTS) is 1. The van der Waals surface area contributed by atoms with Gasteiger partial charge in [0.05, 0.1) is 15.4 Å². The minimum absolute atomic E-state index is 0.0580. The second kappa shape index (κ2) is 5.75. The summed E-state index contributed by atoms with van der Waals surface area (Å²) in [6.45, 7) is 0. The molecule has 2 aliphatic carbocycles. The molecule has 2 saturated carbocycles. The minimum atomic E-state index is -1.08. The van der Waals surface area contributed by atoms with Crippen molar-refractivity contribution in [2.75, 3.05) is 0 Å². The topological polar surface area (TPSA) is 119 Å². The predicted octanol–water partition coefficient (Wildman–Crippen LogP) is 1.77. The average molecular weight is 460 g/mol. The molecule has 0 spiro atoms. The Labute approximate surface area is 155 Å². The zero-order chi connectivity index (χ0) is 17.9. The van der Waals surface area contributed by atoms with Gasteiger partial charge in [-0.1, -0.05) is 0 Å². The number of esters is 1. The van der Waals surface area contributed by atoms with Crippen molar-refractivity contribution in [2.45, 2.75) is 18.6 Å². The summed E-state index contributed by atoms with van der Waals surface area (Å²) in [7, 11) is 0. The molecule has 4 rings (SSSR count). The lowest BCUT2D eigenvalue weighted by Crippen LogP contribution is -2.43. The van der Waals surface area contributed by atoms with E-state index in [2.05, 4.69) is 0 Å². The lowest BCUT2D eigenvalue weighted by molar-refractivity contribution is -0.151. The number of aromatic hydroxyl groups is 1. The van der Waals surface area contributed by atoms with Crippen LogP contribution in [0.1, 0.15) is 6.42 Å². The molecule has 6 unspecified atom stereocenters. The first-order valence-corrected chi connectivity index (χ1v) is 8.75. The molecule has 8 nitrogen and oxygen atoms in total. The molecule has 1 aromatic rings. The first kappa shape index (κ1) is 16.4. The van der Waals surface area contributed by atoms with Crippen LogP contribution in [0.25, 0.3) is 0 Å². The highest BCUT2D eigenvalue weighted by molar-refractivity contribution is 14.1. The van der Waals surface area contributed by atoms with Crippen LogP contribution in [-0.2, 0) is 19.1 Å². The van der Waals surface area contributed by atoms with Gasteiger partial charge in [-0.15, -0.1) is 0 Å². The molecule has 2 N–H and O–H groups in total. The van der Waals surface area contributed by atoms with Gasteiger partial charge in [0.15, 0.2) is 0 Å². The number of hydrogen-bond donors (Lipinski definition) is 2. The second-order valence-corrected chi connectivity index (χ2v) is 7.56. The third-order valence-corrected chi connectivity index (χ3v) is 6.05. The van der Waals surface area contributed by atoms with E-state index < -0.39 is 48.1 Å². The van der Waals surface area contributed by atoms with Crippen molar-refractivity contribution in [3.05, 3.63) is 21.8 Å². The van der Waals surface area contributed by atoms with Crippen LogP contribution in [0.4, 0.5) is 4.79 Å². The van der Waals surface area contributed by atoms with Gasteiger partial charge in [0.1, 0.15) is 23.7 Å². The normalized spacial score (nSPS) is 34.7. The van der Waals surface area contributed by atoms with Gasteiger partial charge >= 0.3 is 18.1 Å². The Balaban J connectivity index is 1.49. The molecule has 9 heteroatoms. The van der Waals surface area contributed by atoms with Crippen molar-refractivity contribution in [1.29, 1.82) is 0 Å². The van der Waals surface area contributed by atoms with Crippen molar-refractivity contribution in [3.8, 4) is 11.5 Å². The standard InChI is InChI=1S/C16H13IO8/c17-8-3-5(1-2-9(8)18)23-16(22)25-13-6-4-7-11(10(6)14(19)20)15(21)24-12(7)13/h1-3,6-7,10-13,18H,4H2,(H,19,20). The minimum Gasteiger partial charge on any atom is -0.507 e. The van der Waals surface area contributed by atoms with Crippen LogP contribution >= 0.6 is 22.6 Å². The highest BCUT2D eigenvalue weighted by atomic mass is 127. The number of hydrogen-bond acceptors (Lipinski definition) is 7. The summed E-state index contributed by atoms with van der Waals surface area (Å²) in [6.07, 6.45) is -1.95. The fourth-order valence-electron chi connectivity index (χ4n) is 4.27. The van der Waals surface area contributed by atoms with Crippen LogP contribution in [0.3, 0.4) is 0 Å². The number of rotatable bonds is 3. The number of carboxylic acids is 1.